The normalized spacial score (nSPS) is 13.5. The zero-order chi connectivity index (χ0) is 16.6. The molecular formula is C15H17N3O3S2. The van der Waals surface area contributed by atoms with E-state index in [-0.39, 0.29) is 10.8 Å². The molecule has 0 aromatic carbocycles. The first kappa shape index (κ1) is 16.1. The second-order valence-corrected chi connectivity index (χ2v) is 8.47. The van der Waals surface area contributed by atoms with Crippen molar-refractivity contribution in [3.63, 3.8) is 0 Å². The molecule has 0 unspecified atom stereocenters. The number of aliphatic hydroxyl groups is 1. The Hall–Kier alpha value is -1.74. The molecule has 8 heteroatoms. The van der Waals surface area contributed by atoms with Crippen LogP contribution in [0.15, 0.2) is 34.7 Å². The molecule has 3 rings (SSSR count). The molecule has 0 fully saturated rings. The van der Waals surface area contributed by atoms with Crippen LogP contribution < -0.4 is 4.72 Å². The van der Waals surface area contributed by atoms with E-state index in [0.717, 1.165) is 27.2 Å². The van der Waals surface area contributed by atoms with Crippen LogP contribution in [-0.2, 0) is 10.0 Å². The van der Waals surface area contributed by atoms with E-state index >= 15 is 0 Å². The lowest BCUT2D eigenvalue weighted by atomic mass is 10.1. The van der Waals surface area contributed by atoms with Gasteiger partial charge in [0, 0.05) is 34.3 Å². The van der Waals surface area contributed by atoms with Crippen LogP contribution in [-0.4, -0.2) is 36.1 Å². The number of aryl methyl sites for hydroxylation is 1. The molecule has 1 atom stereocenters. The first-order valence-electron chi connectivity index (χ1n) is 7.09. The Labute approximate surface area is 138 Å². The zero-order valence-corrected chi connectivity index (χ0v) is 14.3. The second-order valence-electron chi connectivity index (χ2n) is 5.39. The lowest BCUT2D eigenvalue weighted by molar-refractivity contribution is 0.198. The molecule has 0 spiro atoms. The molecule has 122 valence electrons. The van der Waals surface area contributed by atoms with Crippen LogP contribution in [0.2, 0.25) is 0 Å². The molecule has 0 aliphatic heterocycles. The number of sulfonamides is 1. The summed E-state index contributed by atoms with van der Waals surface area (Å²) in [7, 11) is -3.61. The molecule has 0 aliphatic rings. The summed E-state index contributed by atoms with van der Waals surface area (Å²) in [6, 6.07) is 7.24. The average molecular weight is 351 g/mol. The predicted octanol–water partition coefficient (Wildman–Crippen LogP) is 2.26. The summed E-state index contributed by atoms with van der Waals surface area (Å²) in [6.45, 7) is 3.48. The number of aromatic amines is 1. The van der Waals surface area contributed by atoms with Gasteiger partial charge in [0.05, 0.1) is 6.10 Å². The molecule has 0 saturated heterocycles. The third-order valence-corrected chi connectivity index (χ3v) is 6.38. The molecule has 3 N–H and O–H groups in total. The van der Waals surface area contributed by atoms with E-state index < -0.39 is 16.1 Å². The molecule has 3 heterocycles. The van der Waals surface area contributed by atoms with E-state index in [9.17, 15) is 13.5 Å². The number of thiophene rings is 1. The van der Waals surface area contributed by atoms with Crippen molar-refractivity contribution in [2.24, 2.45) is 0 Å². The fourth-order valence-corrected chi connectivity index (χ4v) is 4.80. The van der Waals surface area contributed by atoms with Gasteiger partial charge in [-0.25, -0.2) is 18.1 Å². The van der Waals surface area contributed by atoms with Gasteiger partial charge in [0.25, 0.3) is 0 Å². The topological polar surface area (TPSA) is 95.1 Å². The van der Waals surface area contributed by atoms with Crippen molar-refractivity contribution in [2.45, 2.75) is 24.2 Å². The summed E-state index contributed by atoms with van der Waals surface area (Å²) >= 11 is 1.19. The molecule has 0 aliphatic carbocycles. The maximum atomic E-state index is 12.2. The quantitative estimate of drug-likeness (QED) is 0.657. The van der Waals surface area contributed by atoms with Gasteiger partial charge in [0.15, 0.2) is 0 Å². The highest BCUT2D eigenvalue weighted by Crippen LogP contribution is 2.34. The monoisotopic (exact) mass is 351 g/mol. The van der Waals surface area contributed by atoms with Gasteiger partial charge in [0.2, 0.25) is 10.0 Å². The Kier molecular flexibility index (Phi) is 4.24. The Morgan fingerprint density at radius 3 is 2.91 bits per heavy atom. The number of aliphatic hydroxyl groups excluding tert-OH is 1. The SMILES string of the molecule is Cc1cc2c(-c3ccc(S(=O)(=O)NC[C@@H](C)O)s3)ccnc2[nH]1. The number of fused-ring (bicyclic) bond motifs is 1. The van der Waals surface area contributed by atoms with Gasteiger partial charge >= 0.3 is 0 Å². The summed E-state index contributed by atoms with van der Waals surface area (Å²) < 4.78 is 27.1. The van der Waals surface area contributed by atoms with Crippen molar-refractivity contribution < 1.29 is 13.5 Å². The molecule has 0 bridgehead atoms. The Balaban J connectivity index is 1.98. The molecule has 0 amide bonds. The van der Waals surface area contributed by atoms with Gasteiger partial charge in [-0.15, -0.1) is 11.3 Å². The van der Waals surface area contributed by atoms with E-state index in [4.69, 9.17) is 0 Å². The number of pyridine rings is 1. The van der Waals surface area contributed by atoms with Gasteiger partial charge in [-0.1, -0.05) is 0 Å². The summed E-state index contributed by atoms with van der Waals surface area (Å²) in [5.74, 6) is 0. The van der Waals surface area contributed by atoms with Gasteiger partial charge in [-0.05, 0) is 38.1 Å². The fraction of sp³-hybridized carbons (Fsp3) is 0.267. The second kappa shape index (κ2) is 6.04. The lowest BCUT2D eigenvalue weighted by Crippen LogP contribution is -2.30. The molecule has 0 radical (unpaired) electrons. The third kappa shape index (κ3) is 3.30. The van der Waals surface area contributed by atoms with Gasteiger partial charge in [-0.3, -0.25) is 0 Å². The van der Waals surface area contributed by atoms with Crippen molar-refractivity contribution in [3.05, 3.63) is 36.2 Å². The van der Waals surface area contributed by atoms with Crippen LogP contribution >= 0.6 is 11.3 Å². The number of rotatable bonds is 5. The molecule has 3 aromatic heterocycles. The molecule has 23 heavy (non-hydrogen) atoms. The summed E-state index contributed by atoms with van der Waals surface area (Å²) in [5, 5.41) is 10.2. The van der Waals surface area contributed by atoms with Crippen LogP contribution in [0.4, 0.5) is 0 Å². The van der Waals surface area contributed by atoms with Crippen LogP contribution in [0.1, 0.15) is 12.6 Å². The van der Waals surface area contributed by atoms with Crippen LogP contribution in [0.25, 0.3) is 21.5 Å². The first-order chi connectivity index (χ1) is 10.9. The Morgan fingerprint density at radius 2 is 2.17 bits per heavy atom. The molecule has 0 saturated carbocycles. The third-order valence-electron chi connectivity index (χ3n) is 3.35. The smallest absolute Gasteiger partial charge is 0.250 e. The predicted molar refractivity (Wildman–Crippen MR) is 91.0 cm³/mol. The highest BCUT2D eigenvalue weighted by atomic mass is 32.2. The van der Waals surface area contributed by atoms with Crippen LogP contribution in [0, 0.1) is 6.92 Å². The van der Waals surface area contributed by atoms with Crippen molar-refractivity contribution in [3.8, 4) is 10.4 Å². The zero-order valence-electron chi connectivity index (χ0n) is 12.7. The van der Waals surface area contributed by atoms with Gasteiger partial charge < -0.3 is 10.1 Å². The lowest BCUT2D eigenvalue weighted by Gasteiger charge is -2.06. The number of nitrogens with zero attached hydrogens (tertiary/aromatic N) is 1. The average Bonchev–Trinajstić information content (AvgIpc) is 3.10. The first-order valence-corrected chi connectivity index (χ1v) is 9.39. The highest BCUT2D eigenvalue weighted by Gasteiger charge is 2.18. The van der Waals surface area contributed by atoms with Crippen LogP contribution in [0.3, 0.4) is 0 Å². The Bertz CT molecular complexity index is 942. The van der Waals surface area contributed by atoms with E-state index in [2.05, 4.69) is 14.7 Å². The maximum absolute atomic E-state index is 12.2. The maximum Gasteiger partial charge on any atom is 0.250 e. The van der Waals surface area contributed by atoms with E-state index in [1.807, 2.05) is 19.1 Å². The van der Waals surface area contributed by atoms with Crippen LogP contribution in [0.5, 0.6) is 0 Å². The minimum atomic E-state index is -3.61. The minimum absolute atomic E-state index is 0.00786. The molecular weight excluding hydrogens is 334 g/mol. The number of nitrogens with one attached hydrogen (secondary N) is 2. The van der Waals surface area contributed by atoms with Crippen molar-refractivity contribution in [2.75, 3.05) is 6.54 Å². The van der Waals surface area contributed by atoms with Gasteiger partial charge in [-0.2, -0.15) is 0 Å². The number of hydrogen-bond acceptors (Lipinski definition) is 5. The largest absolute Gasteiger partial charge is 0.392 e. The number of H-pyrrole nitrogens is 1. The summed E-state index contributed by atoms with van der Waals surface area (Å²) in [6.07, 6.45) is 0.972. The van der Waals surface area contributed by atoms with E-state index in [1.54, 1.807) is 18.3 Å². The van der Waals surface area contributed by atoms with E-state index in [1.165, 1.54) is 18.3 Å². The molecule has 3 aromatic rings. The summed E-state index contributed by atoms with van der Waals surface area (Å²) in [4.78, 5) is 8.31. The molecule has 6 nitrogen and oxygen atoms in total. The van der Waals surface area contributed by atoms with E-state index in [0.29, 0.717) is 0 Å². The number of hydrogen-bond donors (Lipinski definition) is 3. The summed E-state index contributed by atoms with van der Waals surface area (Å²) in [5.41, 5.74) is 2.73. The van der Waals surface area contributed by atoms with Crippen molar-refractivity contribution in [1.29, 1.82) is 0 Å². The fourth-order valence-electron chi connectivity index (χ4n) is 2.28. The van der Waals surface area contributed by atoms with Gasteiger partial charge in [0.1, 0.15) is 9.86 Å². The standard InChI is InChI=1S/C15H17N3O3S2/c1-9-7-12-11(5-6-16-15(12)18-9)13-3-4-14(22-13)23(20,21)17-8-10(2)19/h3-7,10,17,19H,8H2,1-2H3,(H,16,18)/t10-/m1/s1. The highest BCUT2D eigenvalue weighted by molar-refractivity contribution is 7.91. The minimum Gasteiger partial charge on any atom is -0.392 e. The Morgan fingerprint density at radius 1 is 1.39 bits per heavy atom. The number of aromatic nitrogens is 2. The van der Waals surface area contributed by atoms with Crippen molar-refractivity contribution in [1.82, 2.24) is 14.7 Å². The van der Waals surface area contributed by atoms with Crippen molar-refractivity contribution >= 4 is 32.4 Å².